The Labute approximate surface area is 153 Å². The molecule has 6 nitrogen and oxygen atoms in total. The lowest BCUT2D eigenvalue weighted by molar-refractivity contribution is -0.123. The van der Waals surface area contributed by atoms with Gasteiger partial charge in [-0.2, -0.15) is 5.26 Å². The number of methoxy groups -OCH3 is 1. The minimum absolute atomic E-state index is 0.127. The number of nitrogens with one attached hydrogen (secondary N) is 1. The Balaban J connectivity index is 1.84. The Morgan fingerprint density at radius 2 is 1.92 bits per heavy atom. The molecule has 26 heavy (non-hydrogen) atoms. The van der Waals surface area contributed by atoms with E-state index in [1.54, 1.807) is 25.3 Å². The van der Waals surface area contributed by atoms with Gasteiger partial charge in [0.2, 0.25) is 0 Å². The van der Waals surface area contributed by atoms with Crippen LogP contribution in [-0.4, -0.2) is 32.8 Å². The molecule has 0 bridgehead atoms. The lowest BCUT2D eigenvalue weighted by Crippen LogP contribution is -2.30. The zero-order chi connectivity index (χ0) is 18.8. The van der Waals surface area contributed by atoms with Crippen LogP contribution in [0.4, 0.5) is 0 Å². The van der Waals surface area contributed by atoms with Crippen molar-refractivity contribution in [3.05, 3.63) is 53.6 Å². The smallest absolute Gasteiger partial charge is 0.257 e. The number of benzene rings is 2. The van der Waals surface area contributed by atoms with Crippen LogP contribution in [0.25, 0.3) is 0 Å². The molecule has 136 valence electrons. The van der Waals surface area contributed by atoms with Gasteiger partial charge in [-0.15, -0.1) is 0 Å². The third-order valence-electron chi connectivity index (χ3n) is 3.64. The third kappa shape index (κ3) is 5.42. The van der Waals surface area contributed by atoms with Crippen LogP contribution in [0, 0.1) is 11.3 Å². The molecule has 0 heterocycles. The van der Waals surface area contributed by atoms with Gasteiger partial charge in [0.1, 0.15) is 5.75 Å². The van der Waals surface area contributed by atoms with Gasteiger partial charge in [-0.1, -0.05) is 18.2 Å². The molecule has 0 unspecified atom stereocenters. The predicted octanol–water partition coefficient (Wildman–Crippen LogP) is 2.70. The van der Waals surface area contributed by atoms with Crippen LogP contribution < -0.4 is 19.5 Å². The lowest BCUT2D eigenvalue weighted by atomic mass is 10.1. The molecular weight excluding hydrogens is 332 g/mol. The van der Waals surface area contributed by atoms with E-state index >= 15 is 0 Å². The molecule has 2 aromatic carbocycles. The second kappa shape index (κ2) is 9.94. The molecular formula is C20H22N2O4. The fraction of sp³-hybridized carbons (Fsp3) is 0.300. The van der Waals surface area contributed by atoms with Crippen LogP contribution in [0.1, 0.15) is 18.1 Å². The zero-order valence-corrected chi connectivity index (χ0v) is 15.0. The molecule has 2 rings (SSSR count). The van der Waals surface area contributed by atoms with Crippen molar-refractivity contribution in [2.75, 3.05) is 26.9 Å². The van der Waals surface area contributed by atoms with Crippen LogP contribution in [0.2, 0.25) is 0 Å². The summed E-state index contributed by atoms with van der Waals surface area (Å²) in [4.78, 5) is 12.0. The van der Waals surface area contributed by atoms with Crippen molar-refractivity contribution in [3.8, 4) is 23.3 Å². The second-order valence-corrected chi connectivity index (χ2v) is 5.41. The summed E-state index contributed by atoms with van der Waals surface area (Å²) in [5.41, 5.74) is 1.50. The van der Waals surface area contributed by atoms with E-state index in [1.165, 1.54) is 0 Å². The number of ether oxygens (including phenoxy) is 3. The molecule has 6 heteroatoms. The summed E-state index contributed by atoms with van der Waals surface area (Å²) >= 11 is 0. The molecule has 1 amide bonds. The Morgan fingerprint density at radius 3 is 2.65 bits per heavy atom. The maximum absolute atomic E-state index is 12.0. The lowest BCUT2D eigenvalue weighted by Gasteiger charge is -2.12. The van der Waals surface area contributed by atoms with Crippen molar-refractivity contribution < 1.29 is 19.0 Å². The average molecular weight is 354 g/mol. The molecule has 0 aliphatic rings. The highest BCUT2D eigenvalue weighted by Gasteiger charge is 2.09. The van der Waals surface area contributed by atoms with Gasteiger partial charge in [-0.25, -0.2) is 0 Å². The Kier molecular flexibility index (Phi) is 7.31. The normalized spacial score (nSPS) is 9.88. The fourth-order valence-electron chi connectivity index (χ4n) is 2.41. The van der Waals surface area contributed by atoms with Crippen LogP contribution >= 0.6 is 0 Å². The maximum Gasteiger partial charge on any atom is 0.257 e. The van der Waals surface area contributed by atoms with Crippen molar-refractivity contribution in [1.29, 1.82) is 5.26 Å². The fourth-order valence-corrected chi connectivity index (χ4v) is 2.41. The van der Waals surface area contributed by atoms with Gasteiger partial charge in [-0.3, -0.25) is 4.79 Å². The van der Waals surface area contributed by atoms with Gasteiger partial charge in [0, 0.05) is 12.6 Å². The van der Waals surface area contributed by atoms with Gasteiger partial charge < -0.3 is 19.5 Å². The Bertz CT molecular complexity index is 784. The quantitative estimate of drug-likeness (QED) is 0.749. The first-order valence-corrected chi connectivity index (χ1v) is 8.36. The number of para-hydroxylation sites is 1. The highest BCUT2D eigenvalue weighted by molar-refractivity contribution is 5.77. The van der Waals surface area contributed by atoms with Gasteiger partial charge in [-0.05, 0) is 37.1 Å². The number of carbonyl (C=O) groups excluding carboxylic acids is 1. The maximum atomic E-state index is 12.0. The first-order chi connectivity index (χ1) is 12.7. The average Bonchev–Trinajstić information content (AvgIpc) is 2.67. The molecule has 1 N–H and O–H groups in total. The van der Waals surface area contributed by atoms with Crippen LogP contribution in [0.5, 0.6) is 17.2 Å². The van der Waals surface area contributed by atoms with Crippen molar-refractivity contribution in [2.24, 2.45) is 0 Å². The third-order valence-corrected chi connectivity index (χ3v) is 3.64. The van der Waals surface area contributed by atoms with E-state index in [0.29, 0.717) is 36.6 Å². The summed E-state index contributed by atoms with van der Waals surface area (Å²) in [5, 5.41) is 11.8. The van der Waals surface area contributed by atoms with E-state index in [4.69, 9.17) is 19.5 Å². The first-order valence-electron chi connectivity index (χ1n) is 8.36. The monoisotopic (exact) mass is 354 g/mol. The van der Waals surface area contributed by atoms with Crippen molar-refractivity contribution >= 4 is 5.91 Å². The van der Waals surface area contributed by atoms with E-state index in [2.05, 4.69) is 5.32 Å². The number of amides is 1. The summed E-state index contributed by atoms with van der Waals surface area (Å²) < 4.78 is 16.3. The number of hydrogen-bond donors (Lipinski definition) is 1. The minimum Gasteiger partial charge on any atom is -0.496 e. The highest BCUT2D eigenvalue weighted by Crippen LogP contribution is 2.28. The second-order valence-electron chi connectivity index (χ2n) is 5.41. The van der Waals surface area contributed by atoms with Crippen molar-refractivity contribution in [1.82, 2.24) is 5.32 Å². The standard InChI is InChI=1S/C20H22N2O4/c1-3-25-19-12-15(13-21)8-9-18(19)26-14-20(23)22-11-10-16-6-4-5-7-17(16)24-2/h4-9,12H,3,10-11,14H2,1-2H3,(H,22,23). The Hall–Kier alpha value is -3.20. The first kappa shape index (κ1) is 19.1. The Morgan fingerprint density at radius 1 is 1.12 bits per heavy atom. The molecule has 0 aromatic heterocycles. The van der Waals surface area contributed by atoms with E-state index in [0.717, 1.165) is 11.3 Å². The van der Waals surface area contributed by atoms with E-state index in [1.807, 2.05) is 37.3 Å². The molecule has 0 atom stereocenters. The number of nitrogens with zero attached hydrogens (tertiary/aromatic N) is 1. The highest BCUT2D eigenvalue weighted by atomic mass is 16.5. The SMILES string of the molecule is CCOc1cc(C#N)ccc1OCC(=O)NCCc1ccccc1OC. The summed E-state index contributed by atoms with van der Waals surface area (Å²) in [6.07, 6.45) is 0.664. The number of rotatable bonds is 9. The summed E-state index contributed by atoms with van der Waals surface area (Å²) in [7, 11) is 1.62. The summed E-state index contributed by atoms with van der Waals surface area (Å²) in [5.74, 6) is 1.46. The predicted molar refractivity (Wildman–Crippen MR) is 97.5 cm³/mol. The van der Waals surface area contributed by atoms with Gasteiger partial charge in [0.25, 0.3) is 5.91 Å². The largest absolute Gasteiger partial charge is 0.496 e. The van der Waals surface area contributed by atoms with Gasteiger partial charge >= 0.3 is 0 Å². The topological polar surface area (TPSA) is 80.6 Å². The number of nitriles is 1. The van der Waals surface area contributed by atoms with E-state index in [9.17, 15) is 4.79 Å². The molecule has 0 saturated carbocycles. The molecule has 0 saturated heterocycles. The molecule has 0 spiro atoms. The van der Waals surface area contributed by atoms with Crippen LogP contribution in [0.15, 0.2) is 42.5 Å². The minimum atomic E-state index is -0.230. The molecule has 0 radical (unpaired) electrons. The number of hydrogen-bond acceptors (Lipinski definition) is 5. The molecule has 0 aliphatic carbocycles. The molecule has 0 fully saturated rings. The van der Waals surface area contributed by atoms with Gasteiger partial charge in [0.05, 0.1) is 25.3 Å². The summed E-state index contributed by atoms with van der Waals surface area (Å²) in [6.45, 7) is 2.63. The molecule has 0 aliphatic heterocycles. The molecule has 2 aromatic rings. The van der Waals surface area contributed by atoms with Gasteiger partial charge in [0.15, 0.2) is 18.1 Å². The van der Waals surface area contributed by atoms with Crippen molar-refractivity contribution in [3.63, 3.8) is 0 Å². The van der Waals surface area contributed by atoms with Crippen LogP contribution in [-0.2, 0) is 11.2 Å². The van der Waals surface area contributed by atoms with E-state index < -0.39 is 0 Å². The van der Waals surface area contributed by atoms with Crippen molar-refractivity contribution in [2.45, 2.75) is 13.3 Å². The zero-order valence-electron chi connectivity index (χ0n) is 15.0. The van der Waals surface area contributed by atoms with E-state index in [-0.39, 0.29) is 12.5 Å². The summed E-state index contributed by atoms with van der Waals surface area (Å²) in [6, 6.07) is 14.6. The number of carbonyl (C=O) groups is 1. The van der Waals surface area contributed by atoms with Crippen LogP contribution in [0.3, 0.4) is 0 Å².